The molecule has 1 amide bonds. The average Bonchev–Trinajstić information content (AvgIpc) is 2.37. The van der Waals surface area contributed by atoms with Crippen LogP contribution in [0.2, 0.25) is 0 Å². The molecular weight excluding hydrogens is 234 g/mol. The van der Waals surface area contributed by atoms with Gasteiger partial charge in [0, 0.05) is 38.0 Å². The summed E-state index contributed by atoms with van der Waals surface area (Å²) in [5, 5.41) is 14.7. The molecule has 6 heteroatoms. The second kappa shape index (κ2) is 6.93. The van der Waals surface area contributed by atoms with Crippen LogP contribution < -0.4 is 15.4 Å². The van der Waals surface area contributed by atoms with Crippen molar-refractivity contribution >= 4 is 5.91 Å². The molecular formula is C12H19N3O3. The van der Waals surface area contributed by atoms with Gasteiger partial charge in [0.2, 0.25) is 0 Å². The van der Waals surface area contributed by atoms with Crippen LogP contribution in [0.25, 0.3) is 0 Å². The van der Waals surface area contributed by atoms with Gasteiger partial charge < -0.3 is 20.5 Å². The number of hydrogen-bond acceptors (Lipinski definition) is 5. The molecule has 1 rings (SSSR count). The third-order valence-electron chi connectivity index (χ3n) is 2.38. The molecule has 1 unspecified atom stereocenters. The van der Waals surface area contributed by atoms with Gasteiger partial charge in [0.1, 0.15) is 11.4 Å². The van der Waals surface area contributed by atoms with Gasteiger partial charge in [0.25, 0.3) is 5.91 Å². The Morgan fingerprint density at radius 2 is 2.33 bits per heavy atom. The topological polar surface area (TPSA) is 83.5 Å². The number of carbonyl (C=O) groups is 1. The van der Waals surface area contributed by atoms with Crippen LogP contribution in [0.1, 0.15) is 23.0 Å². The van der Waals surface area contributed by atoms with Crippen LogP contribution in [-0.4, -0.2) is 42.8 Å². The number of methoxy groups -OCH3 is 1. The Hall–Kier alpha value is -1.66. The van der Waals surface area contributed by atoms with E-state index in [2.05, 4.69) is 15.6 Å². The van der Waals surface area contributed by atoms with E-state index in [1.54, 1.807) is 33.3 Å². The molecule has 0 fully saturated rings. The van der Waals surface area contributed by atoms with Crippen molar-refractivity contribution in [3.05, 3.63) is 23.5 Å². The maximum absolute atomic E-state index is 11.4. The summed E-state index contributed by atoms with van der Waals surface area (Å²) in [5.74, 6) is 0.346. The van der Waals surface area contributed by atoms with E-state index in [0.717, 1.165) is 5.56 Å². The van der Waals surface area contributed by atoms with Crippen molar-refractivity contribution in [1.29, 1.82) is 0 Å². The van der Waals surface area contributed by atoms with Gasteiger partial charge in [-0.2, -0.15) is 0 Å². The Kier molecular flexibility index (Phi) is 5.54. The van der Waals surface area contributed by atoms with Crippen molar-refractivity contribution in [3.8, 4) is 5.75 Å². The Morgan fingerprint density at radius 1 is 1.61 bits per heavy atom. The van der Waals surface area contributed by atoms with E-state index in [1.165, 1.54) is 0 Å². The van der Waals surface area contributed by atoms with E-state index in [4.69, 9.17) is 9.84 Å². The van der Waals surface area contributed by atoms with E-state index in [0.29, 0.717) is 24.5 Å². The molecule has 0 saturated carbocycles. The number of nitrogens with zero attached hydrogens (tertiary/aromatic N) is 1. The van der Waals surface area contributed by atoms with Crippen LogP contribution >= 0.6 is 0 Å². The number of amides is 1. The van der Waals surface area contributed by atoms with E-state index in [1.807, 2.05) is 0 Å². The summed E-state index contributed by atoms with van der Waals surface area (Å²) in [6, 6.07) is 1.60. The third-order valence-corrected chi connectivity index (χ3v) is 2.38. The Labute approximate surface area is 106 Å². The molecule has 1 heterocycles. The smallest absolute Gasteiger partial charge is 0.269 e. The Morgan fingerprint density at radius 3 is 2.89 bits per heavy atom. The zero-order chi connectivity index (χ0) is 13.5. The molecule has 0 aliphatic heterocycles. The van der Waals surface area contributed by atoms with Gasteiger partial charge in [-0.05, 0) is 6.92 Å². The maximum atomic E-state index is 11.4. The summed E-state index contributed by atoms with van der Waals surface area (Å²) < 4.78 is 5.22. The number of aromatic nitrogens is 1. The fourth-order valence-electron chi connectivity index (χ4n) is 1.46. The van der Waals surface area contributed by atoms with Crippen LogP contribution in [0, 0.1) is 0 Å². The Balaban J connectivity index is 2.77. The van der Waals surface area contributed by atoms with Gasteiger partial charge in [-0.1, -0.05) is 0 Å². The SMILES string of the molecule is CNC(=O)c1cc(OC)c(CNCC(C)O)cn1. The summed E-state index contributed by atoms with van der Waals surface area (Å²) >= 11 is 0. The summed E-state index contributed by atoms with van der Waals surface area (Å²) in [6.07, 6.45) is 1.19. The molecule has 1 aromatic rings. The van der Waals surface area contributed by atoms with Crippen molar-refractivity contribution in [1.82, 2.24) is 15.6 Å². The highest BCUT2D eigenvalue weighted by Gasteiger charge is 2.10. The van der Waals surface area contributed by atoms with Crippen LogP contribution in [0.4, 0.5) is 0 Å². The first-order chi connectivity index (χ1) is 8.58. The van der Waals surface area contributed by atoms with E-state index >= 15 is 0 Å². The molecule has 1 aromatic heterocycles. The van der Waals surface area contributed by atoms with Crippen molar-refractivity contribution in [3.63, 3.8) is 0 Å². The summed E-state index contributed by atoms with van der Waals surface area (Å²) in [7, 11) is 3.09. The normalized spacial score (nSPS) is 12.0. The highest BCUT2D eigenvalue weighted by molar-refractivity contribution is 5.92. The van der Waals surface area contributed by atoms with Crippen molar-refractivity contribution in [2.24, 2.45) is 0 Å². The minimum absolute atomic E-state index is 0.253. The van der Waals surface area contributed by atoms with Gasteiger partial charge in [-0.25, -0.2) is 0 Å². The molecule has 0 radical (unpaired) electrons. The first-order valence-corrected chi connectivity index (χ1v) is 5.72. The summed E-state index contributed by atoms with van der Waals surface area (Å²) in [5.41, 5.74) is 1.15. The van der Waals surface area contributed by atoms with E-state index < -0.39 is 6.10 Å². The molecule has 0 aliphatic rings. The highest BCUT2D eigenvalue weighted by atomic mass is 16.5. The Bertz CT molecular complexity index is 408. The fraction of sp³-hybridized carbons (Fsp3) is 0.500. The van der Waals surface area contributed by atoms with Gasteiger partial charge in [-0.3, -0.25) is 9.78 Å². The van der Waals surface area contributed by atoms with Crippen LogP contribution in [-0.2, 0) is 6.54 Å². The number of ether oxygens (including phenoxy) is 1. The van der Waals surface area contributed by atoms with Gasteiger partial charge in [0.15, 0.2) is 0 Å². The second-order valence-corrected chi connectivity index (χ2v) is 3.94. The monoisotopic (exact) mass is 253 g/mol. The largest absolute Gasteiger partial charge is 0.496 e. The number of aliphatic hydroxyl groups is 1. The number of pyridine rings is 1. The van der Waals surface area contributed by atoms with Crippen LogP contribution in [0.15, 0.2) is 12.3 Å². The second-order valence-electron chi connectivity index (χ2n) is 3.94. The maximum Gasteiger partial charge on any atom is 0.269 e. The van der Waals surface area contributed by atoms with E-state index in [-0.39, 0.29) is 5.91 Å². The molecule has 18 heavy (non-hydrogen) atoms. The van der Waals surface area contributed by atoms with Crippen molar-refractivity contribution < 1.29 is 14.6 Å². The summed E-state index contributed by atoms with van der Waals surface area (Å²) in [4.78, 5) is 15.5. The molecule has 0 bridgehead atoms. The van der Waals surface area contributed by atoms with Crippen molar-refractivity contribution in [2.75, 3.05) is 20.7 Å². The third kappa shape index (κ3) is 3.97. The first-order valence-electron chi connectivity index (χ1n) is 5.72. The zero-order valence-electron chi connectivity index (χ0n) is 10.9. The lowest BCUT2D eigenvalue weighted by Crippen LogP contribution is -2.24. The molecule has 0 aliphatic carbocycles. The number of carbonyl (C=O) groups excluding carboxylic acids is 1. The van der Waals surface area contributed by atoms with E-state index in [9.17, 15) is 4.79 Å². The molecule has 0 aromatic carbocycles. The predicted octanol–water partition coefficient (Wildman–Crippen LogP) is -0.0798. The standard InChI is InChI=1S/C12H19N3O3/c1-8(16)5-14-6-9-7-15-10(12(17)13-2)4-11(9)18-3/h4,7-8,14,16H,5-6H2,1-3H3,(H,13,17). The number of nitrogens with one attached hydrogen (secondary N) is 2. The highest BCUT2D eigenvalue weighted by Crippen LogP contribution is 2.18. The molecule has 3 N–H and O–H groups in total. The molecule has 1 atom stereocenters. The fourth-order valence-corrected chi connectivity index (χ4v) is 1.46. The average molecular weight is 253 g/mol. The molecule has 6 nitrogen and oxygen atoms in total. The van der Waals surface area contributed by atoms with Crippen molar-refractivity contribution in [2.45, 2.75) is 19.6 Å². The molecule has 0 spiro atoms. The zero-order valence-corrected chi connectivity index (χ0v) is 10.9. The van der Waals surface area contributed by atoms with Gasteiger partial charge in [-0.15, -0.1) is 0 Å². The van der Waals surface area contributed by atoms with Gasteiger partial charge >= 0.3 is 0 Å². The lowest BCUT2D eigenvalue weighted by Gasteiger charge is -2.11. The summed E-state index contributed by atoms with van der Waals surface area (Å²) in [6.45, 7) is 2.71. The van der Waals surface area contributed by atoms with Crippen LogP contribution in [0.3, 0.4) is 0 Å². The molecule has 100 valence electrons. The lowest BCUT2D eigenvalue weighted by atomic mass is 10.2. The van der Waals surface area contributed by atoms with Gasteiger partial charge in [0.05, 0.1) is 13.2 Å². The first kappa shape index (κ1) is 14.4. The number of aliphatic hydroxyl groups excluding tert-OH is 1. The van der Waals surface area contributed by atoms with Crippen LogP contribution in [0.5, 0.6) is 5.75 Å². The minimum Gasteiger partial charge on any atom is -0.496 e. The predicted molar refractivity (Wildman–Crippen MR) is 67.6 cm³/mol. The minimum atomic E-state index is -0.408. The quantitative estimate of drug-likeness (QED) is 0.660. The number of rotatable bonds is 6. The number of hydrogen-bond donors (Lipinski definition) is 3. The molecule has 0 saturated heterocycles. The lowest BCUT2D eigenvalue weighted by molar-refractivity contribution is 0.0957.